The maximum Gasteiger partial charge on any atom is 0.123 e. The standard InChI is InChI=1S/C8H12O/c9-5-7-4-6-2-1-3-8(6)7/h5-8H,1-4H2. The molecule has 2 aliphatic carbocycles. The smallest absolute Gasteiger partial charge is 0.123 e. The van der Waals surface area contributed by atoms with E-state index < -0.39 is 0 Å². The van der Waals surface area contributed by atoms with Crippen molar-refractivity contribution in [2.75, 3.05) is 0 Å². The van der Waals surface area contributed by atoms with E-state index in [1.54, 1.807) is 0 Å². The molecule has 2 rings (SSSR count). The Bertz CT molecular complexity index is 131. The Morgan fingerprint density at radius 2 is 2.22 bits per heavy atom. The lowest BCUT2D eigenvalue weighted by Gasteiger charge is -2.36. The van der Waals surface area contributed by atoms with Crippen LogP contribution in [-0.2, 0) is 4.79 Å². The zero-order chi connectivity index (χ0) is 6.27. The molecule has 0 radical (unpaired) electrons. The van der Waals surface area contributed by atoms with Crippen molar-refractivity contribution in [1.29, 1.82) is 0 Å². The molecule has 0 bridgehead atoms. The highest BCUT2D eigenvalue weighted by molar-refractivity contribution is 5.56. The van der Waals surface area contributed by atoms with E-state index in [4.69, 9.17) is 0 Å². The van der Waals surface area contributed by atoms with Gasteiger partial charge in [-0.05, 0) is 24.7 Å². The van der Waals surface area contributed by atoms with Crippen LogP contribution in [0.15, 0.2) is 0 Å². The summed E-state index contributed by atoms with van der Waals surface area (Å²) in [5, 5.41) is 0. The molecule has 3 atom stereocenters. The normalized spacial score (nSPS) is 47.8. The molecule has 2 saturated carbocycles. The molecule has 0 heterocycles. The van der Waals surface area contributed by atoms with E-state index in [9.17, 15) is 4.79 Å². The Labute approximate surface area is 55.4 Å². The first-order valence-corrected chi connectivity index (χ1v) is 3.87. The van der Waals surface area contributed by atoms with E-state index in [1.807, 2.05) is 0 Å². The Balaban J connectivity index is 2.00. The zero-order valence-corrected chi connectivity index (χ0v) is 5.55. The van der Waals surface area contributed by atoms with Crippen molar-refractivity contribution in [3.63, 3.8) is 0 Å². The average Bonchev–Trinajstić information content (AvgIpc) is 2.14. The summed E-state index contributed by atoms with van der Waals surface area (Å²) in [4.78, 5) is 10.3. The molecule has 9 heavy (non-hydrogen) atoms. The highest BCUT2D eigenvalue weighted by Gasteiger charge is 2.43. The second-order valence-corrected chi connectivity index (χ2v) is 3.39. The fourth-order valence-electron chi connectivity index (χ4n) is 2.41. The first-order valence-electron chi connectivity index (χ1n) is 3.87. The van der Waals surface area contributed by atoms with Crippen molar-refractivity contribution in [3.8, 4) is 0 Å². The lowest BCUT2D eigenvalue weighted by Crippen LogP contribution is -2.33. The average molecular weight is 124 g/mol. The summed E-state index contributed by atoms with van der Waals surface area (Å²) in [5.74, 6) is 2.21. The van der Waals surface area contributed by atoms with Gasteiger partial charge in [0.25, 0.3) is 0 Å². The minimum absolute atomic E-state index is 0.456. The minimum Gasteiger partial charge on any atom is -0.303 e. The van der Waals surface area contributed by atoms with Gasteiger partial charge in [0.15, 0.2) is 0 Å². The molecule has 0 saturated heterocycles. The van der Waals surface area contributed by atoms with Crippen LogP contribution >= 0.6 is 0 Å². The number of aldehydes is 1. The molecular formula is C8H12O. The van der Waals surface area contributed by atoms with Crippen molar-refractivity contribution in [3.05, 3.63) is 0 Å². The predicted octanol–water partition coefficient (Wildman–Crippen LogP) is 1.62. The van der Waals surface area contributed by atoms with Crippen LogP contribution in [-0.4, -0.2) is 6.29 Å². The Hall–Kier alpha value is -0.330. The van der Waals surface area contributed by atoms with Crippen molar-refractivity contribution in [1.82, 2.24) is 0 Å². The number of rotatable bonds is 1. The van der Waals surface area contributed by atoms with Gasteiger partial charge in [0.05, 0.1) is 0 Å². The molecule has 0 aromatic rings. The van der Waals surface area contributed by atoms with E-state index in [-0.39, 0.29) is 0 Å². The molecule has 2 aliphatic rings. The highest BCUT2D eigenvalue weighted by Crippen LogP contribution is 2.49. The monoisotopic (exact) mass is 124 g/mol. The van der Waals surface area contributed by atoms with Gasteiger partial charge in [-0.15, -0.1) is 0 Å². The van der Waals surface area contributed by atoms with E-state index in [0.29, 0.717) is 5.92 Å². The molecule has 50 valence electrons. The maximum absolute atomic E-state index is 10.3. The largest absolute Gasteiger partial charge is 0.303 e. The Morgan fingerprint density at radius 1 is 1.33 bits per heavy atom. The summed E-state index contributed by atoms with van der Waals surface area (Å²) in [6.07, 6.45) is 6.46. The topological polar surface area (TPSA) is 17.1 Å². The summed E-state index contributed by atoms with van der Waals surface area (Å²) in [6.45, 7) is 0. The lowest BCUT2D eigenvalue weighted by atomic mass is 9.67. The molecular weight excluding hydrogens is 112 g/mol. The van der Waals surface area contributed by atoms with Gasteiger partial charge in [0.1, 0.15) is 6.29 Å². The quantitative estimate of drug-likeness (QED) is 0.485. The van der Waals surface area contributed by atoms with Crippen molar-refractivity contribution in [2.45, 2.75) is 25.7 Å². The molecule has 1 heteroatoms. The van der Waals surface area contributed by atoms with Crippen LogP contribution in [0.25, 0.3) is 0 Å². The van der Waals surface area contributed by atoms with E-state index in [0.717, 1.165) is 18.1 Å². The molecule has 3 unspecified atom stereocenters. The van der Waals surface area contributed by atoms with Crippen LogP contribution in [0, 0.1) is 17.8 Å². The molecule has 0 amide bonds. The fourth-order valence-corrected chi connectivity index (χ4v) is 2.41. The molecule has 0 aromatic heterocycles. The van der Waals surface area contributed by atoms with Gasteiger partial charge in [-0.2, -0.15) is 0 Å². The summed E-state index contributed by atoms with van der Waals surface area (Å²) < 4.78 is 0. The summed E-state index contributed by atoms with van der Waals surface area (Å²) in [6, 6.07) is 0. The van der Waals surface area contributed by atoms with Gasteiger partial charge in [-0.3, -0.25) is 0 Å². The van der Waals surface area contributed by atoms with Crippen LogP contribution in [0.5, 0.6) is 0 Å². The molecule has 1 nitrogen and oxygen atoms in total. The van der Waals surface area contributed by atoms with Gasteiger partial charge >= 0.3 is 0 Å². The SMILES string of the molecule is O=CC1CC2CCCC12. The van der Waals surface area contributed by atoms with E-state index >= 15 is 0 Å². The lowest BCUT2D eigenvalue weighted by molar-refractivity contribution is -0.117. The minimum atomic E-state index is 0.456. The van der Waals surface area contributed by atoms with Gasteiger partial charge in [-0.25, -0.2) is 0 Å². The molecule has 0 aliphatic heterocycles. The number of hydrogen-bond acceptors (Lipinski definition) is 1. The van der Waals surface area contributed by atoms with Gasteiger partial charge in [-0.1, -0.05) is 12.8 Å². The second-order valence-electron chi connectivity index (χ2n) is 3.39. The van der Waals surface area contributed by atoms with Crippen LogP contribution < -0.4 is 0 Å². The van der Waals surface area contributed by atoms with Gasteiger partial charge in [0.2, 0.25) is 0 Å². The molecule has 2 fully saturated rings. The fraction of sp³-hybridized carbons (Fsp3) is 0.875. The summed E-state index contributed by atoms with van der Waals surface area (Å²) in [7, 11) is 0. The third-order valence-electron chi connectivity index (χ3n) is 3.02. The molecule has 0 spiro atoms. The Morgan fingerprint density at radius 3 is 2.89 bits per heavy atom. The van der Waals surface area contributed by atoms with Crippen LogP contribution in [0.1, 0.15) is 25.7 Å². The number of carbonyl (C=O) groups is 1. The third kappa shape index (κ3) is 0.637. The van der Waals surface area contributed by atoms with E-state index in [1.165, 1.54) is 25.7 Å². The van der Waals surface area contributed by atoms with Gasteiger partial charge in [0, 0.05) is 5.92 Å². The number of fused-ring (bicyclic) bond motifs is 1. The first-order chi connectivity index (χ1) is 4.42. The van der Waals surface area contributed by atoms with E-state index in [2.05, 4.69) is 0 Å². The summed E-state index contributed by atoms with van der Waals surface area (Å²) >= 11 is 0. The zero-order valence-electron chi connectivity index (χ0n) is 5.55. The highest BCUT2D eigenvalue weighted by atomic mass is 16.1. The van der Waals surface area contributed by atoms with Crippen LogP contribution in [0.2, 0.25) is 0 Å². The van der Waals surface area contributed by atoms with Crippen molar-refractivity contribution < 1.29 is 4.79 Å². The number of hydrogen-bond donors (Lipinski definition) is 0. The second kappa shape index (κ2) is 1.83. The van der Waals surface area contributed by atoms with Gasteiger partial charge < -0.3 is 4.79 Å². The molecule has 0 aromatic carbocycles. The third-order valence-corrected chi connectivity index (χ3v) is 3.02. The molecule has 0 N–H and O–H groups in total. The predicted molar refractivity (Wildman–Crippen MR) is 35.0 cm³/mol. The Kier molecular flexibility index (Phi) is 1.11. The summed E-state index contributed by atoms with van der Waals surface area (Å²) in [5.41, 5.74) is 0. The first kappa shape index (κ1) is 5.45. The van der Waals surface area contributed by atoms with Crippen molar-refractivity contribution >= 4 is 6.29 Å². The maximum atomic E-state index is 10.3. The van der Waals surface area contributed by atoms with Crippen LogP contribution in [0.3, 0.4) is 0 Å². The van der Waals surface area contributed by atoms with Crippen molar-refractivity contribution in [2.24, 2.45) is 17.8 Å². The number of carbonyl (C=O) groups excluding carboxylic acids is 1. The van der Waals surface area contributed by atoms with Crippen LogP contribution in [0.4, 0.5) is 0 Å².